The summed E-state index contributed by atoms with van der Waals surface area (Å²) in [6.07, 6.45) is 1.18. The molecule has 1 aromatic rings. The van der Waals surface area contributed by atoms with Gasteiger partial charge < -0.3 is 5.32 Å². The van der Waals surface area contributed by atoms with Crippen molar-refractivity contribution >= 4 is 15.8 Å². The Morgan fingerprint density at radius 1 is 1.33 bits per heavy atom. The van der Waals surface area contributed by atoms with Crippen LogP contribution in [0.1, 0.15) is 12.5 Å². The van der Waals surface area contributed by atoms with Crippen LogP contribution in [0.25, 0.3) is 0 Å². The van der Waals surface area contributed by atoms with Gasteiger partial charge in [0.1, 0.15) is 0 Å². The quantitative estimate of drug-likeness (QED) is 0.310. The lowest BCUT2D eigenvalue weighted by Gasteiger charge is -2.06. The van der Waals surface area contributed by atoms with Crippen LogP contribution in [0.15, 0.2) is 34.2 Å². The topological polar surface area (TPSA) is 96.6 Å². The Labute approximate surface area is 107 Å². The molecule has 0 saturated heterocycles. The number of benzene rings is 1. The first-order valence-electron chi connectivity index (χ1n) is 5.51. The second kappa shape index (κ2) is 6.36. The van der Waals surface area contributed by atoms with Gasteiger partial charge in [-0.2, -0.15) is 0 Å². The van der Waals surface area contributed by atoms with Gasteiger partial charge in [0.25, 0.3) is 0 Å². The molecular formula is C11H18N4O2S. The Bertz CT molecular complexity index is 508. The van der Waals surface area contributed by atoms with Gasteiger partial charge in [-0.3, -0.25) is 5.43 Å². The molecule has 0 aliphatic rings. The zero-order chi connectivity index (χ0) is 13.6. The third kappa shape index (κ3) is 4.34. The highest BCUT2D eigenvalue weighted by Gasteiger charge is 2.05. The molecular weight excluding hydrogens is 252 g/mol. The van der Waals surface area contributed by atoms with Gasteiger partial charge in [-0.25, -0.2) is 19.3 Å². The van der Waals surface area contributed by atoms with E-state index in [0.717, 1.165) is 12.1 Å². The van der Waals surface area contributed by atoms with Gasteiger partial charge in [0, 0.05) is 12.8 Å². The highest BCUT2D eigenvalue weighted by molar-refractivity contribution is 7.90. The van der Waals surface area contributed by atoms with E-state index >= 15 is 0 Å². The molecule has 0 amide bonds. The second-order valence-corrected chi connectivity index (χ2v) is 5.77. The summed E-state index contributed by atoms with van der Waals surface area (Å²) in [4.78, 5) is 4.52. The van der Waals surface area contributed by atoms with Crippen molar-refractivity contribution < 1.29 is 8.42 Å². The van der Waals surface area contributed by atoms with Crippen LogP contribution < -0.4 is 16.6 Å². The molecule has 0 atom stereocenters. The van der Waals surface area contributed by atoms with Gasteiger partial charge in [-0.1, -0.05) is 12.1 Å². The first-order chi connectivity index (χ1) is 8.47. The Kier molecular flexibility index (Phi) is 5.11. The van der Waals surface area contributed by atoms with Crippen LogP contribution in [-0.2, 0) is 16.4 Å². The number of guanidine groups is 1. The minimum atomic E-state index is -3.14. The fourth-order valence-electron chi connectivity index (χ4n) is 1.33. The van der Waals surface area contributed by atoms with E-state index in [9.17, 15) is 8.42 Å². The van der Waals surface area contributed by atoms with E-state index in [2.05, 4.69) is 15.7 Å². The Balaban J connectivity index is 2.75. The van der Waals surface area contributed by atoms with Crippen LogP contribution in [0, 0.1) is 0 Å². The fraction of sp³-hybridized carbons (Fsp3) is 0.364. The summed E-state index contributed by atoms with van der Waals surface area (Å²) in [5.41, 5.74) is 3.36. The SMILES string of the molecule is CCNC(=NCc1ccc(S(C)(=O)=O)cc1)NN. The molecule has 0 spiro atoms. The Morgan fingerprint density at radius 3 is 2.39 bits per heavy atom. The molecule has 4 N–H and O–H groups in total. The second-order valence-electron chi connectivity index (χ2n) is 3.76. The summed E-state index contributed by atoms with van der Waals surface area (Å²) in [7, 11) is -3.14. The lowest BCUT2D eigenvalue weighted by Crippen LogP contribution is -2.41. The molecule has 18 heavy (non-hydrogen) atoms. The number of hydrazine groups is 1. The summed E-state index contributed by atoms with van der Waals surface area (Å²) in [5, 5.41) is 2.96. The molecule has 1 aromatic carbocycles. The molecule has 1 rings (SSSR count). The van der Waals surface area contributed by atoms with E-state index in [1.165, 1.54) is 6.26 Å². The maximum Gasteiger partial charge on any atom is 0.206 e. The summed E-state index contributed by atoms with van der Waals surface area (Å²) in [5.74, 6) is 5.79. The number of hydrogen-bond acceptors (Lipinski definition) is 4. The van der Waals surface area contributed by atoms with Crippen LogP contribution in [0.5, 0.6) is 0 Å². The first-order valence-corrected chi connectivity index (χ1v) is 7.40. The number of nitrogens with two attached hydrogens (primary N) is 1. The van der Waals surface area contributed by atoms with Crippen LogP contribution in [0.2, 0.25) is 0 Å². The highest BCUT2D eigenvalue weighted by atomic mass is 32.2. The van der Waals surface area contributed by atoms with E-state index in [1.54, 1.807) is 24.3 Å². The Hall–Kier alpha value is -1.60. The van der Waals surface area contributed by atoms with Crippen LogP contribution >= 0.6 is 0 Å². The normalized spacial score (nSPS) is 12.3. The molecule has 0 fully saturated rings. The average Bonchev–Trinajstić information content (AvgIpc) is 2.34. The first kappa shape index (κ1) is 14.5. The molecule has 0 bridgehead atoms. The third-order valence-corrected chi connectivity index (χ3v) is 3.38. The van der Waals surface area contributed by atoms with Crippen molar-refractivity contribution in [3.8, 4) is 0 Å². The Morgan fingerprint density at radius 2 is 1.94 bits per heavy atom. The number of nitrogens with zero attached hydrogens (tertiary/aromatic N) is 1. The predicted molar refractivity (Wildman–Crippen MR) is 71.7 cm³/mol. The summed E-state index contributed by atoms with van der Waals surface area (Å²) in [6, 6.07) is 6.62. The van der Waals surface area contributed by atoms with Crippen LogP contribution in [0.4, 0.5) is 0 Å². The van der Waals surface area contributed by atoms with Gasteiger partial charge in [-0.05, 0) is 24.6 Å². The van der Waals surface area contributed by atoms with Crippen molar-refractivity contribution in [1.82, 2.24) is 10.7 Å². The molecule has 6 nitrogen and oxygen atoms in total. The smallest absolute Gasteiger partial charge is 0.206 e. The monoisotopic (exact) mass is 270 g/mol. The fourth-order valence-corrected chi connectivity index (χ4v) is 1.96. The lowest BCUT2D eigenvalue weighted by molar-refractivity contribution is 0.602. The van der Waals surface area contributed by atoms with Crippen molar-refractivity contribution in [2.75, 3.05) is 12.8 Å². The molecule has 0 saturated carbocycles. The van der Waals surface area contributed by atoms with Gasteiger partial charge in [0.05, 0.1) is 11.4 Å². The molecule has 7 heteroatoms. The summed E-state index contributed by atoms with van der Waals surface area (Å²) < 4.78 is 22.6. The van der Waals surface area contributed by atoms with E-state index in [4.69, 9.17) is 5.84 Å². The predicted octanol–water partition coefficient (Wildman–Crippen LogP) is 0.0189. The average molecular weight is 270 g/mol. The zero-order valence-corrected chi connectivity index (χ0v) is 11.3. The van der Waals surface area contributed by atoms with Gasteiger partial charge in [0.15, 0.2) is 9.84 Å². The molecule has 100 valence electrons. The molecule has 0 unspecified atom stereocenters. The van der Waals surface area contributed by atoms with Crippen molar-refractivity contribution in [3.05, 3.63) is 29.8 Å². The number of rotatable bonds is 4. The lowest BCUT2D eigenvalue weighted by atomic mass is 10.2. The van der Waals surface area contributed by atoms with Crippen molar-refractivity contribution in [3.63, 3.8) is 0 Å². The minimum absolute atomic E-state index is 0.305. The largest absolute Gasteiger partial charge is 0.356 e. The van der Waals surface area contributed by atoms with Gasteiger partial charge >= 0.3 is 0 Å². The number of hydrogen-bond donors (Lipinski definition) is 3. The van der Waals surface area contributed by atoms with E-state index in [0.29, 0.717) is 17.4 Å². The van der Waals surface area contributed by atoms with Gasteiger partial charge in [-0.15, -0.1) is 0 Å². The molecule has 0 aromatic heterocycles. The summed E-state index contributed by atoms with van der Waals surface area (Å²) in [6.45, 7) is 3.08. The molecule has 0 radical (unpaired) electrons. The number of nitrogens with one attached hydrogen (secondary N) is 2. The van der Waals surface area contributed by atoms with Crippen molar-refractivity contribution in [2.45, 2.75) is 18.4 Å². The standard InChI is InChI=1S/C11H18N4O2S/c1-3-13-11(15-12)14-8-9-4-6-10(7-5-9)18(2,16)17/h4-7H,3,8,12H2,1-2H3,(H2,13,14,15). The molecule has 0 aliphatic carbocycles. The van der Waals surface area contributed by atoms with E-state index in [-0.39, 0.29) is 0 Å². The highest BCUT2D eigenvalue weighted by Crippen LogP contribution is 2.10. The molecule has 0 heterocycles. The maximum atomic E-state index is 11.3. The summed E-state index contributed by atoms with van der Waals surface area (Å²) >= 11 is 0. The van der Waals surface area contributed by atoms with Crippen LogP contribution in [-0.4, -0.2) is 27.2 Å². The zero-order valence-electron chi connectivity index (χ0n) is 10.5. The van der Waals surface area contributed by atoms with Crippen LogP contribution in [0.3, 0.4) is 0 Å². The minimum Gasteiger partial charge on any atom is -0.356 e. The van der Waals surface area contributed by atoms with Crippen molar-refractivity contribution in [2.24, 2.45) is 10.8 Å². The van der Waals surface area contributed by atoms with E-state index < -0.39 is 9.84 Å². The van der Waals surface area contributed by atoms with Gasteiger partial charge in [0.2, 0.25) is 5.96 Å². The number of aliphatic imine (C=N–C) groups is 1. The van der Waals surface area contributed by atoms with E-state index in [1.807, 2.05) is 6.92 Å². The number of sulfone groups is 1. The van der Waals surface area contributed by atoms with Crippen molar-refractivity contribution in [1.29, 1.82) is 0 Å². The maximum absolute atomic E-state index is 11.3. The molecule has 0 aliphatic heterocycles. The third-order valence-electron chi connectivity index (χ3n) is 2.25.